The van der Waals surface area contributed by atoms with Crippen molar-refractivity contribution < 1.29 is 4.52 Å². The second-order valence-electron chi connectivity index (χ2n) is 4.48. The Hall–Kier alpha value is -1.68. The van der Waals surface area contributed by atoms with Crippen LogP contribution >= 0.6 is 0 Å². The van der Waals surface area contributed by atoms with Gasteiger partial charge in [-0.25, -0.2) is 0 Å². The fourth-order valence-corrected chi connectivity index (χ4v) is 1.90. The highest BCUT2D eigenvalue weighted by molar-refractivity contribution is 5.55. The van der Waals surface area contributed by atoms with E-state index in [-0.39, 0.29) is 0 Å². The summed E-state index contributed by atoms with van der Waals surface area (Å²) in [7, 11) is 1.95. The zero-order chi connectivity index (χ0) is 13.0. The van der Waals surface area contributed by atoms with Crippen molar-refractivity contribution in [1.82, 2.24) is 15.5 Å². The highest BCUT2D eigenvalue weighted by Crippen LogP contribution is 2.17. The van der Waals surface area contributed by atoms with Gasteiger partial charge >= 0.3 is 0 Å². The molecule has 0 fully saturated rings. The molecule has 4 nitrogen and oxygen atoms in total. The smallest absolute Gasteiger partial charge is 0.228 e. The minimum atomic E-state index is 0.385. The van der Waals surface area contributed by atoms with Crippen LogP contribution in [0.2, 0.25) is 0 Å². The van der Waals surface area contributed by atoms with Crippen molar-refractivity contribution in [2.24, 2.45) is 0 Å². The zero-order valence-corrected chi connectivity index (χ0v) is 11.1. The molecule has 0 aliphatic rings. The number of aromatic nitrogens is 2. The fourth-order valence-electron chi connectivity index (χ4n) is 1.90. The predicted molar refractivity (Wildman–Crippen MR) is 71.3 cm³/mol. The van der Waals surface area contributed by atoms with Gasteiger partial charge in [0, 0.05) is 18.0 Å². The Morgan fingerprint density at radius 1 is 1.39 bits per heavy atom. The Kier molecular flexibility index (Phi) is 4.10. The van der Waals surface area contributed by atoms with E-state index in [0.29, 0.717) is 17.8 Å². The third-order valence-corrected chi connectivity index (χ3v) is 3.07. The molecule has 0 aliphatic heterocycles. The van der Waals surface area contributed by atoms with Crippen LogP contribution in [0.5, 0.6) is 0 Å². The van der Waals surface area contributed by atoms with Gasteiger partial charge in [0.25, 0.3) is 0 Å². The predicted octanol–water partition coefficient (Wildman–Crippen LogP) is 2.59. The average Bonchev–Trinajstić information content (AvgIpc) is 2.84. The number of benzene rings is 1. The second kappa shape index (κ2) is 5.78. The number of hydrogen-bond acceptors (Lipinski definition) is 4. The van der Waals surface area contributed by atoms with Crippen LogP contribution in [-0.4, -0.2) is 23.2 Å². The van der Waals surface area contributed by atoms with E-state index in [0.717, 1.165) is 18.4 Å². The maximum Gasteiger partial charge on any atom is 0.228 e. The van der Waals surface area contributed by atoms with Crippen molar-refractivity contribution in [3.63, 3.8) is 0 Å². The summed E-state index contributed by atoms with van der Waals surface area (Å²) < 4.78 is 5.29. The summed E-state index contributed by atoms with van der Waals surface area (Å²) in [5.74, 6) is 1.35. The molecule has 0 saturated carbocycles. The van der Waals surface area contributed by atoms with Gasteiger partial charge in [-0.05, 0) is 26.5 Å². The van der Waals surface area contributed by atoms with Gasteiger partial charge in [-0.3, -0.25) is 0 Å². The van der Waals surface area contributed by atoms with Gasteiger partial charge in [-0.1, -0.05) is 35.8 Å². The summed E-state index contributed by atoms with van der Waals surface area (Å²) >= 11 is 0. The Balaban J connectivity index is 2.15. The van der Waals surface area contributed by atoms with E-state index in [9.17, 15) is 0 Å². The molecule has 1 heterocycles. The van der Waals surface area contributed by atoms with E-state index >= 15 is 0 Å². The van der Waals surface area contributed by atoms with Gasteiger partial charge < -0.3 is 9.84 Å². The molecule has 1 unspecified atom stereocenters. The van der Waals surface area contributed by atoms with Crippen LogP contribution < -0.4 is 5.32 Å². The number of likely N-dealkylation sites (N-methyl/N-ethyl adjacent to an activating group) is 1. The van der Waals surface area contributed by atoms with E-state index in [1.165, 1.54) is 5.56 Å². The third-order valence-electron chi connectivity index (χ3n) is 3.07. The van der Waals surface area contributed by atoms with Crippen LogP contribution in [0.15, 0.2) is 28.8 Å². The van der Waals surface area contributed by atoms with Crippen LogP contribution in [0.25, 0.3) is 11.4 Å². The Morgan fingerprint density at radius 2 is 2.22 bits per heavy atom. The third kappa shape index (κ3) is 2.96. The molecule has 0 amide bonds. The van der Waals surface area contributed by atoms with Gasteiger partial charge in [-0.2, -0.15) is 4.98 Å². The number of hydrogen-bond donors (Lipinski definition) is 1. The Bertz CT molecular complexity index is 503. The first-order valence-electron chi connectivity index (χ1n) is 6.29. The zero-order valence-electron chi connectivity index (χ0n) is 11.1. The van der Waals surface area contributed by atoms with Gasteiger partial charge in [0.05, 0.1) is 0 Å². The molecule has 0 aliphatic carbocycles. The largest absolute Gasteiger partial charge is 0.339 e. The maximum absolute atomic E-state index is 5.29. The van der Waals surface area contributed by atoms with E-state index in [1.807, 2.05) is 19.2 Å². The monoisotopic (exact) mass is 245 g/mol. The van der Waals surface area contributed by atoms with Crippen molar-refractivity contribution in [3.05, 3.63) is 35.7 Å². The normalized spacial score (nSPS) is 12.6. The summed E-state index contributed by atoms with van der Waals surface area (Å²) in [6.07, 6.45) is 1.81. The standard InChI is InChI=1S/C14H19N3O/c1-4-12(15-3)9-13-16-14(17-18-13)11-7-5-6-10(2)8-11/h5-8,12,15H,4,9H2,1-3H3. The lowest BCUT2D eigenvalue weighted by atomic mass is 10.1. The van der Waals surface area contributed by atoms with Gasteiger partial charge in [-0.15, -0.1) is 0 Å². The van der Waals surface area contributed by atoms with E-state index in [4.69, 9.17) is 4.52 Å². The van der Waals surface area contributed by atoms with Crippen molar-refractivity contribution >= 4 is 0 Å². The first-order valence-corrected chi connectivity index (χ1v) is 6.29. The van der Waals surface area contributed by atoms with Crippen molar-refractivity contribution in [3.8, 4) is 11.4 Å². The molecule has 18 heavy (non-hydrogen) atoms. The summed E-state index contributed by atoms with van der Waals surface area (Å²) in [6, 6.07) is 8.50. The Morgan fingerprint density at radius 3 is 2.89 bits per heavy atom. The molecule has 0 saturated heterocycles. The average molecular weight is 245 g/mol. The number of nitrogens with zero attached hydrogens (tertiary/aromatic N) is 2. The van der Waals surface area contributed by atoms with Gasteiger partial charge in [0.15, 0.2) is 0 Å². The molecule has 2 aromatic rings. The summed E-state index contributed by atoms with van der Waals surface area (Å²) in [6.45, 7) is 4.19. The summed E-state index contributed by atoms with van der Waals surface area (Å²) in [5.41, 5.74) is 2.20. The van der Waals surface area contributed by atoms with Crippen LogP contribution in [0.4, 0.5) is 0 Å². The maximum atomic E-state index is 5.29. The highest BCUT2D eigenvalue weighted by Gasteiger charge is 2.12. The van der Waals surface area contributed by atoms with Crippen molar-refractivity contribution in [1.29, 1.82) is 0 Å². The van der Waals surface area contributed by atoms with Crippen LogP contribution in [0.3, 0.4) is 0 Å². The number of aryl methyl sites for hydroxylation is 1. The van der Waals surface area contributed by atoms with E-state index in [2.05, 4.69) is 41.4 Å². The van der Waals surface area contributed by atoms with Crippen molar-refractivity contribution in [2.45, 2.75) is 32.7 Å². The molecule has 0 bridgehead atoms. The molecule has 1 N–H and O–H groups in total. The van der Waals surface area contributed by atoms with Gasteiger partial charge in [0.2, 0.25) is 11.7 Å². The topological polar surface area (TPSA) is 51.0 Å². The molecule has 0 radical (unpaired) electrons. The molecule has 96 valence electrons. The van der Waals surface area contributed by atoms with Crippen molar-refractivity contribution in [2.75, 3.05) is 7.05 Å². The lowest BCUT2D eigenvalue weighted by molar-refractivity contribution is 0.359. The molecular formula is C14H19N3O. The SMILES string of the molecule is CCC(Cc1nc(-c2cccc(C)c2)no1)NC. The first-order chi connectivity index (χ1) is 8.72. The molecular weight excluding hydrogens is 226 g/mol. The fraction of sp³-hybridized carbons (Fsp3) is 0.429. The van der Waals surface area contributed by atoms with Crippen LogP contribution in [0, 0.1) is 6.92 Å². The lowest BCUT2D eigenvalue weighted by Crippen LogP contribution is -2.26. The lowest BCUT2D eigenvalue weighted by Gasteiger charge is -2.09. The van der Waals surface area contributed by atoms with E-state index < -0.39 is 0 Å². The highest BCUT2D eigenvalue weighted by atomic mass is 16.5. The van der Waals surface area contributed by atoms with Gasteiger partial charge in [0.1, 0.15) is 0 Å². The molecule has 4 heteroatoms. The van der Waals surface area contributed by atoms with E-state index in [1.54, 1.807) is 0 Å². The minimum absolute atomic E-state index is 0.385. The molecule has 1 aromatic heterocycles. The number of rotatable bonds is 5. The summed E-state index contributed by atoms with van der Waals surface area (Å²) in [4.78, 5) is 4.44. The number of nitrogens with one attached hydrogen (secondary N) is 1. The molecule has 1 atom stereocenters. The quantitative estimate of drug-likeness (QED) is 0.879. The summed E-state index contributed by atoms with van der Waals surface area (Å²) in [5, 5.41) is 7.27. The van der Waals surface area contributed by atoms with Crippen LogP contribution in [0.1, 0.15) is 24.8 Å². The second-order valence-corrected chi connectivity index (χ2v) is 4.48. The molecule has 2 rings (SSSR count). The Labute approximate surface area is 107 Å². The molecule has 1 aromatic carbocycles. The minimum Gasteiger partial charge on any atom is -0.339 e. The van der Waals surface area contributed by atoms with Crippen LogP contribution in [-0.2, 0) is 6.42 Å². The molecule has 0 spiro atoms. The first kappa shape index (κ1) is 12.8.